The molecule has 1 aliphatic rings. The van der Waals surface area contributed by atoms with E-state index in [0.717, 1.165) is 12.5 Å². The van der Waals surface area contributed by atoms with Crippen molar-refractivity contribution in [3.63, 3.8) is 0 Å². The van der Waals surface area contributed by atoms with E-state index in [-0.39, 0.29) is 0 Å². The fraction of sp³-hybridized carbons (Fsp3) is 0.500. The maximum absolute atomic E-state index is 3.58. The maximum atomic E-state index is 3.58. The highest BCUT2D eigenvalue weighted by atomic mass is 79.9. The summed E-state index contributed by atoms with van der Waals surface area (Å²) in [5.41, 5.74) is 1.40. The molecule has 0 spiro atoms. The van der Waals surface area contributed by atoms with Crippen LogP contribution in [-0.4, -0.2) is 18.0 Å². The van der Waals surface area contributed by atoms with E-state index < -0.39 is 0 Å². The molecule has 0 aliphatic carbocycles. The molecule has 0 N–H and O–H groups in total. The maximum Gasteiger partial charge on any atom is 0.0245 e. The van der Waals surface area contributed by atoms with Crippen LogP contribution in [-0.2, 0) is 6.54 Å². The molecule has 0 bridgehead atoms. The van der Waals surface area contributed by atoms with Gasteiger partial charge in [-0.05, 0) is 17.5 Å². The molecule has 1 heterocycles. The van der Waals surface area contributed by atoms with Gasteiger partial charge < -0.3 is 0 Å². The molecule has 2 heteroatoms. The Labute approximate surface area is 94.2 Å². The summed E-state index contributed by atoms with van der Waals surface area (Å²) in [5, 5.41) is 0. The number of halogens is 1. The first-order valence-corrected chi connectivity index (χ1v) is 6.04. The zero-order valence-electron chi connectivity index (χ0n) is 8.54. The average Bonchev–Trinajstić information content (AvgIpc) is 2.13. The SMILES string of the molecule is CCC1CN(Cc2ccccc2Br)C1. The fourth-order valence-corrected chi connectivity index (χ4v) is 2.34. The van der Waals surface area contributed by atoms with Crippen molar-refractivity contribution in [1.29, 1.82) is 0 Å². The van der Waals surface area contributed by atoms with Gasteiger partial charge in [-0.3, -0.25) is 4.90 Å². The molecular weight excluding hydrogens is 238 g/mol. The van der Waals surface area contributed by atoms with E-state index in [4.69, 9.17) is 0 Å². The molecule has 0 unspecified atom stereocenters. The summed E-state index contributed by atoms with van der Waals surface area (Å²) < 4.78 is 1.24. The van der Waals surface area contributed by atoms with Gasteiger partial charge in [0.15, 0.2) is 0 Å². The van der Waals surface area contributed by atoms with Gasteiger partial charge in [0, 0.05) is 24.1 Å². The first-order chi connectivity index (χ1) is 6.79. The summed E-state index contributed by atoms with van der Waals surface area (Å²) >= 11 is 3.58. The number of hydrogen-bond acceptors (Lipinski definition) is 1. The number of benzene rings is 1. The highest BCUT2D eigenvalue weighted by Crippen LogP contribution is 2.24. The Bertz CT molecular complexity index is 305. The highest BCUT2D eigenvalue weighted by molar-refractivity contribution is 9.10. The third kappa shape index (κ3) is 2.18. The molecule has 14 heavy (non-hydrogen) atoms. The summed E-state index contributed by atoms with van der Waals surface area (Å²) in [6, 6.07) is 8.49. The van der Waals surface area contributed by atoms with Crippen LogP contribution in [0.25, 0.3) is 0 Å². The minimum atomic E-state index is 0.942. The third-order valence-electron chi connectivity index (χ3n) is 2.96. The molecule has 0 atom stereocenters. The Hall–Kier alpha value is -0.340. The highest BCUT2D eigenvalue weighted by Gasteiger charge is 2.24. The van der Waals surface area contributed by atoms with Gasteiger partial charge >= 0.3 is 0 Å². The lowest BCUT2D eigenvalue weighted by atomic mass is 9.97. The first-order valence-electron chi connectivity index (χ1n) is 5.25. The van der Waals surface area contributed by atoms with Crippen molar-refractivity contribution in [2.45, 2.75) is 19.9 Å². The minimum absolute atomic E-state index is 0.942. The molecule has 1 aromatic carbocycles. The topological polar surface area (TPSA) is 3.24 Å². The molecule has 76 valence electrons. The lowest BCUT2D eigenvalue weighted by Crippen LogP contribution is -2.45. The molecule has 1 saturated heterocycles. The van der Waals surface area contributed by atoms with E-state index in [1.54, 1.807) is 0 Å². The van der Waals surface area contributed by atoms with Crippen molar-refractivity contribution in [1.82, 2.24) is 4.90 Å². The van der Waals surface area contributed by atoms with Crippen molar-refractivity contribution >= 4 is 15.9 Å². The second-order valence-electron chi connectivity index (χ2n) is 4.06. The van der Waals surface area contributed by atoms with Gasteiger partial charge in [-0.1, -0.05) is 47.5 Å². The van der Waals surface area contributed by atoms with Gasteiger partial charge in [0.1, 0.15) is 0 Å². The van der Waals surface area contributed by atoms with E-state index in [9.17, 15) is 0 Å². The van der Waals surface area contributed by atoms with Crippen LogP contribution in [0.5, 0.6) is 0 Å². The van der Waals surface area contributed by atoms with Crippen molar-refractivity contribution in [3.05, 3.63) is 34.3 Å². The van der Waals surface area contributed by atoms with Crippen molar-refractivity contribution < 1.29 is 0 Å². The Morgan fingerprint density at radius 3 is 2.71 bits per heavy atom. The van der Waals surface area contributed by atoms with Gasteiger partial charge in [0.2, 0.25) is 0 Å². The third-order valence-corrected chi connectivity index (χ3v) is 3.74. The Balaban J connectivity index is 1.90. The largest absolute Gasteiger partial charge is 0.298 e. The summed E-state index contributed by atoms with van der Waals surface area (Å²) in [4.78, 5) is 2.51. The molecular formula is C12H16BrN. The molecule has 2 rings (SSSR count). The summed E-state index contributed by atoms with van der Waals surface area (Å²) in [5.74, 6) is 0.942. The van der Waals surface area contributed by atoms with Crippen LogP contribution in [0.1, 0.15) is 18.9 Å². The zero-order chi connectivity index (χ0) is 9.97. The van der Waals surface area contributed by atoms with Crippen LogP contribution in [0.15, 0.2) is 28.7 Å². The van der Waals surface area contributed by atoms with Crippen LogP contribution >= 0.6 is 15.9 Å². The molecule has 0 saturated carbocycles. The average molecular weight is 254 g/mol. The Morgan fingerprint density at radius 1 is 1.36 bits per heavy atom. The van der Waals surface area contributed by atoms with Gasteiger partial charge in [-0.15, -0.1) is 0 Å². The second kappa shape index (κ2) is 4.45. The summed E-state index contributed by atoms with van der Waals surface area (Å²) in [7, 11) is 0. The number of rotatable bonds is 3. The van der Waals surface area contributed by atoms with Gasteiger partial charge in [0.05, 0.1) is 0 Å². The van der Waals surface area contributed by atoms with Crippen LogP contribution in [0.3, 0.4) is 0 Å². The minimum Gasteiger partial charge on any atom is -0.298 e. The molecule has 1 aliphatic heterocycles. The van der Waals surface area contributed by atoms with E-state index in [1.807, 2.05) is 0 Å². The first kappa shape index (κ1) is 10.2. The van der Waals surface area contributed by atoms with Crippen LogP contribution in [0.2, 0.25) is 0 Å². The van der Waals surface area contributed by atoms with Gasteiger partial charge in [-0.2, -0.15) is 0 Å². The van der Waals surface area contributed by atoms with Crippen LogP contribution < -0.4 is 0 Å². The quantitative estimate of drug-likeness (QED) is 0.800. The van der Waals surface area contributed by atoms with E-state index in [1.165, 1.54) is 29.5 Å². The standard InChI is InChI=1S/C12H16BrN/c1-2-10-7-14(8-10)9-11-5-3-4-6-12(11)13/h3-6,10H,2,7-9H2,1H3. The number of hydrogen-bond donors (Lipinski definition) is 0. The number of nitrogens with zero attached hydrogens (tertiary/aromatic N) is 1. The molecule has 0 amide bonds. The molecule has 0 aromatic heterocycles. The second-order valence-corrected chi connectivity index (χ2v) is 4.91. The van der Waals surface area contributed by atoms with Crippen LogP contribution in [0, 0.1) is 5.92 Å². The Kier molecular flexibility index (Phi) is 3.24. The van der Waals surface area contributed by atoms with Crippen LogP contribution in [0.4, 0.5) is 0 Å². The van der Waals surface area contributed by atoms with E-state index >= 15 is 0 Å². The number of likely N-dealkylation sites (tertiary alicyclic amines) is 1. The van der Waals surface area contributed by atoms with Crippen molar-refractivity contribution in [3.8, 4) is 0 Å². The van der Waals surface area contributed by atoms with E-state index in [0.29, 0.717) is 0 Å². The summed E-state index contributed by atoms with van der Waals surface area (Å²) in [6.45, 7) is 5.92. The lowest BCUT2D eigenvalue weighted by Gasteiger charge is -2.39. The molecule has 1 nitrogen and oxygen atoms in total. The normalized spacial score (nSPS) is 18.1. The molecule has 1 aromatic rings. The Morgan fingerprint density at radius 2 is 2.07 bits per heavy atom. The van der Waals surface area contributed by atoms with E-state index in [2.05, 4.69) is 52.0 Å². The van der Waals surface area contributed by atoms with Crippen molar-refractivity contribution in [2.24, 2.45) is 5.92 Å². The van der Waals surface area contributed by atoms with Gasteiger partial charge in [0.25, 0.3) is 0 Å². The monoisotopic (exact) mass is 253 g/mol. The molecule has 0 radical (unpaired) electrons. The predicted molar refractivity (Wildman–Crippen MR) is 63.2 cm³/mol. The van der Waals surface area contributed by atoms with Crippen molar-refractivity contribution in [2.75, 3.05) is 13.1 Å². The van der Waals surface area contributed by atoms with Gasteiger partial charge in [-0.25, -0.2) is 0 Å². The zero-order valence-corrected chi connectivity index (χ0v) is 10.1. The fourth-order valence-electron chi connectivity index (χ4n) is 1.93. The lowest BCUT2D eigenvalue weighted by molar-refractivity contribution is 0.0897. The smallest absolute Gasteiger partial charge is 0.0245 e. The molecule has 1 fully saturated rings. The predicted octanol–water partition coefficient (Wildman–Crippen LogP) is 3.29. The summed E-state index contributed by atoms with van der Waals surface area (Å²) in [6.07, 6.45) is 1.33.